The van der Waals surface area contributed by atoms with Gasteiger partial charge in [-0.2, -0.15) is 0 Å². The highest BCUT2D eigenvalue weighted by Gasteiger charge is 2.16. The van der Waals surface area contributed by atoms with Crippen molar-refractivity contribution in [2.24, 2.45) is 0 Å². The molecule has 18 heavy (non-hydrogen) atoms. The molecule has 6 heteroatoms. The molecule has 0 spiro atoms. The molecule has 1 aliphatic heterocycles. The van der Waals surface area contributed by atoms with E-state index in [-0.39, 0.29) is 5.75 Å². The summed E-state index contributed by atoms with van der Waals surface area (Å²) in [6, 6.07) is 5.92. The Morgan fingerprint density at radius 1 is 1.44 bits per heavy atom. The van der Waals surface area contributed by atoms with E-state index in [0.29, 0.717) is 13.2 Å². The highest BCUT2D eigenvalue weighted by Crippen LogP contribution is 2.26. The fourth-order valence-corrected chi connectivity index (χ4v) is 2.90. The number of hydrogen-bond donors (Lipinski definition) is 0. The maximum atomic E-state index is 11.2. The molecule has 0 saturated heterocycles. The number of benzene rings is 1. The fraction of sp³-hybridized carbons (Fsp3) is 0.500. The van der Waals surface area contributed by atoms with E-state index in [1.54, 1.807) is 0 Å². The Morgan fingerprint density at radius 3 is 2.94 bits per heavy atom. The number of sulfone groups is 1. The van der Waals surface area contributed by atoms with Gasteiger partial charge < -0.3 is 4.74 Å². The first-order valence-corrected chi connectivity index (χ1v) is 8.61. The van der Waals surface area contributed by atoms with Crippen LogP contribution in [0.5, 0.6) is 5.75 Å². The lowest BCUT2D eigenvalue weighted by Gasteiger charge is -2.18. The monoisotopic (exact) mass is 333 g/mol. The summed E-state index contributed by atoms with van der Waals surface area (Å²) in [6.07, 6.45) is 1.27. The molecule has 1 aromatic carbocycles. The summed E-state index contributed by atoms with van der Waals surface area (Å²) in [5.74, 6) is 1.08. The van der Waals surface area contributed by atoms with Crippen LogP contribution in [0.1, 0.15) is 5.56 Å². The number of rotatable bonds is 3. The normalized spacial score (nSPS) is 16.8. The molecule has 0 aromatic heterocycles. The van der Waals surface area contributed by atoms with Crippen LogP contribution in [0.15, 0.2) is 22.7 Å². The van der Waals surface area contributed by atoms with E-state index in [2.05, 4.69) is 20.8 Å². The summed E-state index contributed by atoms with van der Waals surface area (Å²) in [5.41, 5.74) is 1.09. The minimum atomic E-state index is -2.91. The molecule has 0 unspecified atom stereocenters. The molecule has 0 saturated carbocycles. The molecule has 2 rings (SSSR count). The van der Waals surface area contributed by atoms with Crippen molar-refractivity contribution >= 4 is 25.8 Å². The van der Waals surface area contributed by atoms with Gasteiger partial charge in [-0.15, -0.1) is 0 Å². The third-order valence-corrected chi connectivity index (χ3v) is 4.28. The molecular formula is C12H16BrNO3S. The van der Waals surface area contributed by atoms with Crippen LogP contribution in [0.25, 0.3) is 0 Å². The maximum absolute atomic E-state index is 11.2. The number of nitrogens with zero attached hydrogens (tertiary/aromatic N) is 1. The van der Waals surface area contributed by atoms with Crippen molar-refractivity contribution < 1.29 is 13.2 Å². The Hall–Kier alpha value is -0.590. The average Bonchev–Trinajstić information content (AvgIpc) is 2.46. The first-order chi connectivity index (χ1) is 8.44. The van der Waals surface area contributed by atoms with Gasteiger partial charge in [0.25, 0.3) is 0 Å². The lowest BCUT2D eigenvalue weighted by Crippen LogP contribution is -2.30. The van der Waals surface area contributed by atoms with Gasteiger partial charge in [0.05, 0.1) is 5.75 Å². The minimum Gasteiger partial charge on any atom is -0.492 e. The van der Waals surface area contributed by atoms with Gasteiger partial charge in [-0.3, -0.25) is 4.90 Å². The number of hydrogen-bond acceptors (Lipinski definition) is 4. The third kappa shape index (κ3) is 3.96. The van der Waals surface area contributed by atoms with Gasteiger partial charge in [0.15, 0.2) is 0 Å². The molecule has 0 N–H and O–H groups in total. The highest BCUT2D eigenvalue weighted by atomic mass is 79.9. The maximum Gasteiger partial charge on any atom is 0.148 e. The van der Waals surface area contributed by atoms with Gasteiger partial charge >= 0.3 is 0 Å². The summed E-state index contributed by atoms with van der Waals surface area (Å²) in [7, 11) is -2.91. The Morgan fingerprint density at radius 2 is 2.22 bits per heavy atom. The SMILES string of the molecule is CS(=O)(=O)CCN1CCOc2ccc(Br)cc2C1. The predicted molar refractivity (Wildman–Crippen MR) is 74.6 cm³/mol. The molecular weight excluding hydrogens is 318 g/mol. The Kier molecular flexibility index (Phi) is 4.29. The summed E-state index contributed by atoms with van der Waals surface area (Å²) in [4.78, 5) is 2.11. The molecule has 1 aliphatic rings. The molecule has 0 fully saturated rings. The molecule has 4 nitrogen and oxygen atoms in total. The lowest BCUT2D eigenvalue weighted by atomic mass is 10.2. The first kappa shape index (κ1) is 13.8. The molecule has 0 aliphatic carbocycles. The molecule has 1 heterocycles. The largest absolute Gasteiger partial charge is 0.492 e. The van der Waals surface area contributed by atoms with Crippen molar-refractivity contribution in [1.82, 2.24) is 4.90 Å². The van der Waals surface area contributed by atoms with E-state index >= 15 is 0 Å². The quantitative estimate of drug-likeness (QED) is 0.844. The van der Waals surface area contributed by atoms with Gasteiger partial charge in [0, 0.05) is 35.9 Å². The molecule has 100 valence electrons. The van der Waals surface area contributed by atoms with Crippen LogP contribution in [-0.2, 0) is 16.4 Å². The van der Waals surface area contributed by atoms with Crippen LogP contribution in [0.3, 0.4) is 0 Å². The minimum absolute atomic E-state index is 0.191. The van der Waals surface area contributed by atoms with E-state index in [4.69, 9.17) is 4.74 Å². The zero-order valence-corrected chi connectivity index (χ0v) is 12.6. The molecule has 0 atom stereocenters. The number of halogens is 1. The molecule has 0 radical (unpaired) electrons. The topological polar surface area (TPSA) is 46.6 Å². The molecule has 0 bridgehead atoms. The summed E-state index contributed by atoms with van der Waals surface area (Å²) in [6.45, 7) is 2.62. The number of fused-ring (bicyclic) bond motifs is 1. The predicted octanol–water partition coefficient (Wildman–Crippen LogP) is 1.69. The fourth-order valence-electron chi connectivity index (χ4n) is 1.90. The van der Waals surface area contributed by atoms with Crippen LogP contribution in [0.4, 0.5) is 0 Å². The van der Waals surface area contributed by atoms with Crippen molar-refractivity contribution in [2.45, 2.75) is 6.54 Å². The summed E-state index contributed by atoms with van der Waals surface area (Å²) in [5, 5.41) is 0. The van der Waals surface area contributed by atoms with Crippen molar-refractivity contribution in [3.8, 4) is 5.75 Å². The van der Waals surface area contributed by atoms with Gasteiger partial charge in [-0.25, -0.2) is 8.42 Å². The van der Waals surface area contributed by atoms with Gasteiger partial charge in [0.2, 0.25) is 0 Å². The second-order valence-corrected chi connectivity index (χ2v) is 7.68. The zero-order chi connectivity index (χ0) is 13.2. The average molecular weight is 334 g/mol. The van der Waals surface area contributed by atoms with E-state index in [1.165, 1.54) is 6.26 Å². The second kappa shape index (κ2) is 5.59. The summed E-state index contributed by atoms with van der Waals surface area (Å²) < 4.78 is 29.1. The molecule has 1 aromatic rings. The first-order valence-electron chi connectivity index (χ1n) is 5.75. The van der Waals surface area contributed by atoms with Crippen molar-refractivity contribution in [3.05, 3.63) is 28.2 Å². The van der Waals surface area contributed by atoms with Crippen LogP contribution in [-0.4, -0.2) is 45.0 Å². The Labute approximate surface area is 116 Å². The Balaban J connectivity index is 2.08. The highest BCUT2D eigenvalue weighted by molar-refractivity contribution is 9.10. The zero-order valence-electron chi connectivity index (χ0n) is 10.2. The van der Waals surface area contributed by atoms with E-state index in [9.17, 15) is 8.42 Å². The smallest absolute Gasteiger partial charge is 0.148 e. The molecule has 0 amide bonds. The standard InChI is InChI=1S/C12H16BrNO3S/c1-18(15,16)7-5-14-4-6-17-12-3-2-11(13)8-10(12)9-14/h2-3,8H,4-7,9H2,1H3. The Bertz CT molecular complexity index is 530. The van der Waals surface area contributed by atoms with Crippen molar-refractivity contribution in [1.29, 1.82) is 0 Å². The van der Waals surface area contributed by atoms with Crippen LogP contribution >= 0.6 is 15.9 Å². The van der Waals surface area contributed by atoms with Gasteiger partial charge in [-0.05, 0) is 18.2 Å². The van der Waals surface area contributed by atoms with E-state index < -0.39 is 9.84 Å². The van der Waals surface area contributed by atoms with Crippen LogP contribution in [0.2, 0.25) is 0 Å². The van der Waals surface area contributed by atoms with Crippen molar-refractivity contribution in [3.63, 3.8) is 0 Å². The van der Waals surface area contributed by atoms with Crippen molar-refractivity contribution in [2.75, 3.05) is 31.7 Å². The summed E-state index contributed by atoms with van der Waals surface area (Å²) >= 11 is 3.44. The van der Waals surface area contributed by atoms with E-state index in [1.807, 2.05) is 18.2 Å². The van der Waals surface area contributed by atoms with E-state index in [0.717, 1.165) is 28.9 Å². The number of ether oxygens (including phenoxy) is 1. The second-order valence-electron chi connectivity index (χ2n) is 4.51. The lowest BCUT2D eigenvalue weighted by molar-refractivity contribution is 0.235. The third-order valence-electron chi connectivity index (χ3n) is 2.86. The van der Waals surface area contributed by atoms with Crippen LogP contribution < -0.4 is 4.74 Å². The van der Waals surface area contributed by atoms with Gasteiger partial charge in [0.1, 0.15) is 22.2 Å². The van der Waals surface area contributed by atoms with Crippen LogP contribution in [0, 0.1) is 0 Å². The van der Waals surface area contributed by atoms with Gasteiger partial charge in [-0.1, -0.05) is 15.9 Å².